The normalized spacial score (nSPS) is 22.6. The van der Waals surface area contributed by atoms with Crippen molar-refractivity contribution in [1.82, 2.24) is 15.0 Å². The number of nitrogens with one attached hydrogen (secondary N) is 2. The van der Waals surface area contributed by atoms with Crippen molar-refractivity contribution in [2.24, 2.45) is 11.8 Å². The standard InChI is InChI=1S/C15H25N3O2S/c1-3-16-9-14-6-7-15(17-10-14)21(19,20)18-11-13-5-4-12(2)8-13/h6-7,10,12-13,16,18H,3-5,8-9,11H2,1-2H3. The molecule has 1 aliphatic carbocycles. The molecule has 0 radical (unpaired) electrons. The van der Waals surface area contributed by atoms with E-state index >= 15 is 0 Å². The first-order chi connectivity index (χ1) is 10.0. The van der Waals surface area contributed by atoms with Gasteiger partial charge in [-0.3, -0.25) is 0 Å². The molecule has 1 aliphatic rings. The molecule has 118 valence electrons. The molecule has 0 aliphatic heterocycles. The first-order valence-electron chi connectivity index (χ1n) is 7.66. The van der Waals surface area contributed by atoms with Crippen molar-refractivity contribution in [2.75, 3.05) is 13.1 Å². The molecule has 2 N–H and O–H groups in total. The van der Waals surface area contributed by atoms with Crippen LogP contribution in [0.25, 0.3) is 0 Å². The van der Waals surface area contributed by atoms with E-state index in [4.69, 9.17) is 0 Å². The second kappa shape index (κ2) is 7.33. The van der Waals surface area contributed by atoms with Gasteiger partial charge < -0.3 is 5.32 Å². The summed E-state index contributed by atoms with van der Waals surface area (Å²) < 4.78 is 27.1. The van der Waals surface area contributed by atoms with Crippen LogP contribution in [0, 0.1) is 11.8 Å². The molecule has 2 rings (SSSR count). The van der Waals surface area contributed by atoms with Crippen molar-refractivity contribution in [3.05, 3.63) is 23.9 Å². The summed E-state index contributed by atoms with van der Waals surface area (Å²) >= 11 is 0. The van der Waals surface area contributed by atoms with Crippen LogP contribution in [0.15, 0.2) is 23.4 Å². The highest BCUT2D eigenvalue weighted by Crippen LogP contribution is 2.29. The van der Waals surface area contributed by atoms with E-state index in [-0.39, 0.29) is 5.03 Å². The largest absolute Gasteiger partial charge is 0.313 e. The minimum absolute atomic E-state index is 0.105. The average molecular weight is 311 g/mol. The molecule has 21 heavy (non-hydrogen) atoms. The number of hydrogen-bond donors (Lipinski definition) is 2. The molecule has 5 nitrogen and oxygen atoms in total. The van der Waals surface area contributed by atoms with Gasteiger partial charge in [-0.1, -0.05) is 26.3 Å². The molecular weight excluding hydrogens is 286 g/mol. The summed E-state index contributed by atoms with van der Waals surface area (Å²) in [5, 5.41) is 3.29. The van der Waals surface area contributed by atoms with Gasteiger partial charge >= 0.3 is 0 Å². The van der Waals surface area contributed by atoms with Crippen LogP contribution in [-0.4, -0.2) is 26.5 Å². The Morgan fingerprint density at radius 3 is 2.71 bits per heavy atom. The Hall–Kier alpha value is -0.980. The van der Waals surface area contributed by atoms with E-state index in [9.17, 15) is 8.42 Å². The van der Waals surface area contributed by atoms with E-state index in [1.54, 1.807) is 12.3 Å². The van der Waals surface area contributed by atoms with Gasteiger partial charge in [0, 0.05) is 19.3 Å². The molecule has 0 aromatic carbocycles. The van der Waals surface area contributed by atoms with Gasteiger partial charge in [0.15, 0.2) is 5.03 Å². The van der Waals surface area contributed by atoms with E-state index in [0.717, 1.165) is 24.9 Å². The fourth-order valence-corrected chi connectivity index (χ4v) is 3.80. The molecule has 1 fully saturated rings. The molecule has 0 saturated heterocycles. The molecule has 0 spiro atoms. The number of hydrogen-bond acceptors (Lipinski definition) is 4. The zero-order chi connectivity index (χ0) is 15.3. The third-order valence-corrected chi connectivity index (χ3v) is 5.36. The minimum atomic E-state index is -3.48. The average Bonchev–Trinajstić information content (AvgIpc) is 2.89. The van der Waals surface area contributed by atoms with Gasteiger partial charge in [0.1, 0.15) is 0 Å². The summed E-state index contributed by atoms with van der Waals surface area (Å²) in [4.78, 5) is 4.07. The third-order valence-electron chi connectivity index (χ3n) is 4.02. The molecule has 0 bridgehead atoms. The van der Waals surface area contributed by atoms with Crippen molar-refractivity contribution in [3.63, 3.8) is 0 Å². The Kier molecular flexibility index (Phi) is 5.72. The second-order valence-corrected chi connectivity index (χ2v) is 7.63. The summed E-state index contributed by atoms with van der Waals surface area (Å²) in [5.41, 5.74) is 0.986. The molecule has 1 aromatic heterocycles. The number of sulfonamides is 1. The molecule has 2 atom stereocenters. The Bertz CT molecular complexity index is 543. The lowest BCUT2D eigenvalue weighted by atomic mass is 10.1. The highest BCUT2D eigenvalue weighted by molar-refractivity contribution is 7.89. The van der Waals surface area contributed by atoms with E-state index < -0.39 is 10.0 Å². The van der Waals surface area contributed by atoms with Crippen LogP contribution in [0.1, 0.15) is 38.7 Å². The molecule has 0 amide bonds. The molecule has 2 unspecified atom stereocenters. The van der Waals surface area contributed by atoms with E-state index in [1.165, 1.54) is 6.42 Å². The van der Waals surface area contributed by atoms with Crippen LogP contribution < -0.4 is 10.0 Å². The first kappa shape index (κ1) is 16.4. The van der Waals surface area contributed by atoms with Crippen LogP contribution in [0.2, 0.25) is 0 Å². The van der Waals surface area contributed by atoms with Gasteiger partial charge in [0.2, 0.25) is 0 Å². The first-order valence-corrected chi connectivity index (χ1v) is 9.15. The molecule has 1 heterocycles. The van der Waals surface area contributed by atoms with Crippen LogP contribution in [0.4, 0.5) is 0 Å². The Balaban J connectivity index is 1.92. The van der Waals surface area contributed by atoms with Gasteiger partial charge in [-0.15, -0.1) is 0 Å². The maximum atomic E-state index is 12.2. The van der Waals surface area contributed by atoms with Gasteiger partial charge in [0.25, 0.3) is 10.0 Å². The summed E-state index contributed by atoms with van der Waals surface area (Å²) in [6, 6.07) is 3.38. The van der Waals surface area contributed by atoms with E-state index in [1.807, 2.05) is 13.0 Å². The summed E-state index contributed by atoms with van der Waals surface area (Å²) in [7, 11) is -3.48. The van der Waals surface area contributed by atoms with Crippen molar-refractivity contribution < 1.29 is 8.42 Å². The number of pyridine rings is 1. The predicted octanol–water partition coefficient (Wildman–Crippen LogP) is 1.91. The van der Waals surface area contributed by atoms with Crippen LogP contribution in [0.3, 0.4) is 0 Å². The van der Waals surface area contributed by atoms with Gasteiger partial charge in [-0.25, -0.2) is 18.1 Å². The van der Waals surface area contributed by atoms with Gasteiger partial charge in [-0.2, -0.15) is 0 Å². The number of aromatic nitrogens is 1. The van der Waals surface area contributed by atoms with Gasteiger partial charge in [0.05, 0.1) is 0 Å². The van der Waals surface area contributed by atoms with Crippen molar-refractivity contribution in [1.29, 1.82) is 0 Å². The van der Waals surface area contributed by atoms with Crippen LogP contribution >= 0.6 is 0 Å². The predicted molar refractivity (Wildman–Crippen MR) is 83.3 cm³/mol. The maximum Gasteiger partial charge on any atom is 0.258 e. The lowest BCUT2D eigenvalue weighted by Crippen LogP contribution is -2.29. The monoisotopic (exact) mass is 311 g/mol. The smallest absolute Gasteiger partial charge is 0.258 e. The topological polar surface area (TPSA) is 71.1 Å². The van der Waals surface area contributed by atoms with Crippen LogP contribution in [-0.2, 0) is 16.6 Å². The van der Waals surface area contributed by atoms with Crippen molar-refractivity contribution in [2.45, 2.75) is 44.7 Å². The van der Waals surface area contributed by atoms with Gasteiger partial charge in [-0.05, 0) is 42.9 Å². The fraction of sp³-hybridized carbons (Fsp3) is 0.667. The zero-order valence-corrected chi connectivity index (χ0v) is 13.6. The lowest BCUT2D eigenvalue weighted by molar-refractivity contribution is 0.497. The van der Waals surface area contributed by atoms with E-state index in [0.29, 0.717) is 24.9 Å². The molecular formula is C15H25N3O2S. The SMILES string of the molecule is CCNCc1ccc(S(=O)(=O)NCC2CCC(C)C2)nc1. The number of rotatable bonds is 7. The highest BCUT2D eigenvalue weighted by Gasteiger charge is 2.24. The minimum Gasteiger partial charge on any atom is -0.313 e. The van der Waals surface area contributed by atoms with E-state index in [2.05, 4.69) is 21.9 Å². The molecule has 1 aromatic rings. The summed E-state index contributed by atoms with van der Waals surface area (Å²) in [6.07, 6.45) is 5.04. The van der Waals surface area contributed by atoms with Crippen LogP contribution in [0.5, 0.6) is 0 Å². The lowest BCUT2D eigenvalue weighted by Gasteiger charge is -2.11. The highest BCUT2D eigenvalue weighted by atomic mass is 32.2. The summed E-state index contributed by atoms with van der Waals surface area (Å²) in [6.45, 7) is 6.35. The maximum absolute atomic E-state index is 12.2. The fourth-order valence-electron chi connectivity index (χ4n) is 2.76. The molecule has 6 heteroatoms. The summed E-state index contributed by atoms with van der Waals surface area (Å²) in [5.74, 6) is 1.17. The Morgan fingerprint density at radius 1 is 1.33 bits per heavy atom. The van der Waals surface area contributed by atoms with Crippen molar-refractivity contribution in [3.8, 4) is 0 Å². The Labute approximate surface area is 127 Å². The Morgan fingerprint density at radius 2 is 2.14 bits per heavy atom. The zero-order valence-electron chi connectivity index (χ0n) is 12.8. The molecule has 1 saturated carbocycles. The quantitative estimate of drug-likeness (QED) is 0.807. The number of nitrogens with zero attached hydrogens (tertiary/aromatic N) is 1. The second-order valence-electron chi connectivity index (χ2n) is 5.92. The third kappa shape index (κ3) is 4.76. The van der Waals surface area contributed by atoms with Crippen molar-refractivity contribution >= 4 is 10.0 Å².